The SMILES string of the molecule is COc1cc(-c2cccnc2OC)cc(CN2CCCOCC2)c1OCC1CCCO1. The monoisotopic (exact) mass is 428 g/mol. The van der Waals surface area contributed by atoms with E-state index in [1.54, 1.807) is 20.4 Å². The lowest BCUT2D eigenvalue weighted by Crippen LogP contribution is -2.26. The van der Waals surface area contributed by atoms with Gasteiger partial charge in [0, 0.05) is 50.2 Å². The van der Waals surface area contributed by atoms with E-state index in [0.29, 0.717) is 18.2 Å². The molecule has 0 N–H and O–H groups in total. The molecule has 2 fully saturated rings. The van der Waals surface area contributed by atoms with Crippen molar-refractivity contribution >= 4 is 0 Å². The number of hydrogen-bond donors (Lipinski definition) is 0. The molecule has 1 aromatic heterocycles. The highest BCUT2D eigenvalue weighted by Crippen LogP contribution is 2.39. The van der Waals surface area contributed by atoms with Crippen LogP contribution in [0.4, 0.5) is 0 Å². The third-order valence-corrected chi connectivity index (χ3v) is 5.77. The van der Waals surface area contributed by atoms with E-state index in [2.05, 4.69) is 16.0 Å². The molecule has 2 aliphatic rings. The molecule has 0 radical (unpaired) electrons. The predicted molar refractivity (Wildman–Crippen MR) is 118 cm³/mol. The summed E-state index contributed by atoms with van der Waals surface area (Å²) < 4.78 is 29.0. The van der Waals surface area contributed by atoms with Crippen molar-refractivity contribution in [2.45, 2.75) is 31.9 Å². The average molecular weight is 429 g/mol. The lowest BCUT2D eigenvalue weighted by molar-refractivity contribution is 0.0662. The minimum absolute atomic E-state index is 0.141. The van der Waals surface area contributed by atoms with Gasteiger partial charge in [-0.15, -0.1) is 0 Å². The Morgan fingerprint density at radius 1 is 1.10 bits per heavy atom. The molecule has 2 aliphatic heterocycles. The van der Waals surface area contributed by atoms with Crippen LogP contribution in [-0.2, 0) is 16.0 Å². The smallest absolute Gasteiger partial charge is 0.221 e. The third kappa shape index (κ3) is 5.47. The number of benzene rings is 1. The van der Waals surface area contributed by atoms with E-state index >= 15 is 0 Å². The van der Waals surface area contributed by atoms with E-state index in [-0.39, 0.29) is 6.10 Å². The third-order valence-electron chi connectivity index (χ3n) is 5.77. The maximum atomic E-state index is 6.31. The zero-order chi connectivity index (χ0) is 21.5. The molecule has 2 saturated heterocycles. The zero-order valence-electron chi connectivity index (χ0n) is 18.5. The first kappa shape index (κ1) is 21.9. The van der Waals surface area contributed by atoms with Crippen molar-refractivity contribution in [3.8, 4) is 28.5 Å². The second kappa shape index (κ2) is 10.8. The maximum absolute atomic E-state index is 6.31. The molecule has 3 heterocycles. The van der Waals surface area contributed by atoms with E-state index in [1.165, 1.54) is 0 Å². The van der Waals surface area contributed by atoms with Gasteiger partial charge in [0.15, 0.2) is 11.5 Å². The summed E-state index contributed by atoms with van der Waals surface area (Å²) in [5.74, 6) is 2.09. The summed E-state index contributed by atoms with van der Waals surface area (Å²) in [6.07, 6.45) is 5.02. The van der Waals surface area contributed by atoms with Crippen LogP contribution >= 0.6 is 0 Å². The fourth-order valence-corrected chi connectivity index (χ4v) is 4.17. The normalized spacial score (nSPS) is 19.7. The molecule has 2 aromatic rings. The van der Waals surface area contributed by atoms with E-state index in [1.807, 2.05) is 18.2 Å². The largest absolute Gasteiger partial charge is 0.493 e. The van der Waals surface area contributed by atoms with Gasteiger partial charge in [0.2, 0.25) is 5.88 Å². The summed E-state index contributed by atoms with van der Waals surface area (Å²) in [5.41, 5.74) is 3.00. The highest BCUT2D eigenvalue weighted by molar-refractivity contribution is 5.72. The van der Waals surface area contributed by atoms with Gasteiger partial charge in [-0.05, 0) is 49.1 Å². The van der Waals surface area contributed by atoms with Crippen LogP contribution in [0.15, 0.2) is 30.5 Å². The molecule has 1 unspecified atom stereocenters. The Balaban J connectivity index is 1.68. The number of rotatable bonds is 8. The molecular weight excluding hydrogens is 396 g/mol. The first-order valence-corrected chi connectivity index (χ1v) is 11.0. The van der Waals surface area contributed by atoms with Gasteiger partial charge >= 0.3 is 0 Å². The van der Waals surface area contributed by atoms with Crippen molar-refractivity contribution in [1.29, 1.82) is 0 Å². The Labute approximate surface area is 184 Å². The molecule has 0 amide bonds. The summed E-state index contributed by atoms with van der Waals surface area (Å²) in [5, 5.41) is 0. The number of methoxy groups -OCH3 is 2. The number of ether oxygens (including phenoxy) is 5. The molecule has 1 atom stereocenters. The summed E-state index contributed by atoms with van der Waals surface area (Å²) >= 11 is 0. The highest BCUT2D eigenvalue weighted by Gasteiger charge is 2.22. The van der Waals surface area contributed by atoms with Crippen LogP contribution < -0.4 is 14.2 Å². The second-order valence-electron chi connectivity index (χ2n) is 7.92. The average Bonchev–Trinajstić information content (AvgIpc) is 3.20. The molecule has 1 aromatic carbocycles. The van der Waals surface area contributed by atoms with Gasteiger partial charge in [-0.2, -0.15) is 0 Å². The highest BCUT2D eigenvalue weighted by atomic mass is 16.5. The van der Waals surface area contributed by atoms with Crippen LogP contribution in [0.25, 0.3) is 11.1 Å². The summed E-state index contributed by atoms with van der Waals surface area (Å²) in [6.45, 7) is 5.56. The van der Waals surface area contributed by atoms with Gasteiger partial charge in [0.25, 0.3) is 0 Å². The van der Waals surface area contributed by atoms with Crippen LogP contribution in [0, 0.1) is 0 Å². The summed E-state index contributed by atoms with van der Waals surface area (Å²) in [6, 6.07) is 8.09. The molecular formula is C24H32N2O5. The fourth-order valence-electron chi connectivity index (χ4n) is 4.17. The van der Waals surface area contributed by atoms with E-state index in [0.717, 1.165) is 81.2 Å². The van der Waals surface area contributed by atoms with Crippen molar-refractivity contribution in [2.75, 3.05) is 53.7 Å². The minimum atomic E-state index is 0.141. The Bertz CT molecular complexity index is 846. The number of hydrogen-bond acceptors (Lipinski definition) is 7. The molecule has 7 nitrogen and oxygen atoms in total. The topological polar surface area (TPSA) is 62.3 Å². The molecule has 0 bridgehead atoms. The maximum Gasteiger partial charge on any atom is 0.221 e. The molecule has 0 saturated carbocycles. The molecule has 7 heteroatoms. The van der Waals surface area contributed by atoms with E-state index in [9.17, 15) is 0 Å². The Morgan fingerprint density at radius 2 is 2.03 bits per heavy atom. The molecule has 4 rings (SSSR count). The first-order valence-electron chi connectivity index (χ1n) is 11.0. The summed E-state index contributed by atoms with van der Waals surface area (Å²) in [4.78, 5) is 6.77. The van der Waals surface area contributed by atoms with E-state index < -0.39 is 0 Å². The van der Waals surface area contributed by atoms with Crippen LogP contribution in [-0.4, -0.2) is 69.7 Å². The van der Waals surface area contributed by atoms with Crippen molar-refractivity contribution < 1.29 is 23.7 Å². The van der Waals surface area contributed by atoms with Gasteiger partial charge in [0.1, 0.15) is 6.61 Å². The van der Waals surface area contributed by atoms with E-state index in [4.69, 9.17) is 23.7 Å². The fraction of sp³-hybridized carbons (Fsp3) is 0.542. The van der Waals surface area contributed by atoms with Gasteiger partial charge in [-0.25, -0.2) is 4.98 Å². The Hall–Kier alpha value is -2.35. The number of nitrogens with zero attached hydrogens (tertiary/aromatic N) is 2. The van der Waals surface area contributed by atoms with Crippen molar-refractivity contribution in [3.05, 3.63) is 36.0 Å². The van der Waals surface area contributed by atoms with Gasteiger partial charge < -0.3 is 23.7 Å². The first-order chi connectivity index (χ1) is 15.3. The molecule has 31 heavy (non-hydrogen) atoms. The van der Waals surface area contributed by atoms with Crippen molar-refractivity contribution in [3.63, 3.8) is 0 Å². The standard InChI is InChI=1S/C24H32N2O5/c1-27-22-15-18(21-7-3-8-25-24(21)28-2)14-19(16-26-9-5-11-29-13-10-26)23(22)31-17-20-6-4-12-30-20/h3,7-8,14-15,20H,4-6,9-13,16-17H2,1-2H3. The van der Waals surface area contributed by atoms with Gasteiger partial charge in [-0.3, -0.25) is 4.90 Å². The number of pyridine rings is 1. The number of aromatic nitrogens is 1. The quantitative estimate of drug-likeness (QED) is 0.637. The lowest BCUT2D eigenvalue weighted by atomic mass is 10.0. The Kier molecular flexibility index (Phi) is 7.61. The van der Waals surface area contributed by atoms with Crippen molar-refractivity contribution in [2.24, 2.45) is 0 Å². The second-order valence-corrected chi connectivity index (χ2v) is 7.92. The molecule has 168 valence electrons. The van der Waals surface area contributed by atoms with Crippen molar-refractivity contribution in [1.82, 2.24) is 9.88 Å². The van der Waals surface area contributed by atoms with Gasteiger partial charge in [-0.1, -0.05) is 0 Å². The van der Waals surface area contributed by atoms with Gasteiger partial charge in [0.05, 0.1) is 26.9 Å². The van der Waals surface area contributed by atoms with Crippen LogP contribution in [0.5, 0.6) is 17.4 Å². The predicted octanol–water partition coefficient (Wildman–Crippen LogP) is 3.55. The van der Waals surface area contributed by atoms with Crippen LogP contribution in [0.2, 0.25) is 0 Å². The molecule has 0 aliphatic carbocycles. The zero-order valence-corrected chi connectivity index (χ0v) is 18.5. The molecule has 0 spiro atoms. The minimum Gasteiger partial charge on any atom is -0.493 e. The van der Waals surface area contributed by atoms with Crippen LogP contribution in [0.1, 0.15) is 24.8 Å². The van der Waals surface area contributed by atoms with Crippen LogP contribution in [0.3, 0.4) is 0 Å². The summed E-state index contributed by atoms with van der Waals surface area (Å²) in [7, 11) is 3.32. The lowest BCUT2D eigenvalue weighted by Gasteiger charge is -2.24. The Morgan fingerprint density at radius 3 is 2.84 bits per heavy atom.